The Morgan fingerprint density at radius 1 is 1.26 bits per heavy atom. The van der Waals surface area contributed by atoms with Crippen molar-refractivity contribution >= 4 is 5.91 Å². The van der Waals surface area contributed by atoms with E-state index >= 15 is 0 Å². The van der Waals surface area contributed by atoms with Gasteiger partial charge in [-0.05, 0) is 18.9 Å². The number of hydrogen-bond donors (Lipinski definition) is 0. The summed E-state index contributed by atoms with van der Waals surface area (Å²) in [7, 11) is 1.85. The van der Waals surface area contributed by atoms with Gasteiger partial charge in [-0.2, -0.15) is 0 Å². The van der Waals surface area contributed by atoms with E-state index < -0.39 is 0 Å². The second-order valence-corrected chi connectivity index (χ2v) is 5.96. The van der Waals surface area contributed by atoms with Crippen LogP contribution >= 0.6 is 0 Å². The van der Waals surface area contributed by atoms with Gasteiger partial charge in [-0.25, -0.2) is 0 Å². The van der Waals surface area contributed by atoms with E-state index in [0.717, 1.165) is 17.7 Å². The molecule has 2 aromatic rings. The number of amides is 1. The van der Waals surface area contributed by atoms with E-state index in [2.05, 4.69) is 10.3 Å². The van der Waals surface area contributed by atoms with Crippen LogP contribution < -0.4 is 0 Å². The first kappa shape index (κ1) is 15.7. The number of benzene rings is 1. The Balaban J connectivity index is 1.89. The van der Waals surface area contributed by atoms with Crippen molar-refractivity contribution in [2.75, 3.05) is 7.05 Å². The predicted molar refractivity (Wildman–Crippen MR) is 85.5 cm³/mol. The lowest BCUT2D eigenvalue weighted by molar-refractivity contribution is -0.135. The molecule has 0 fully saturated rings. The molecular weight excluding hydrogens is 292 g/mol. The highest BCUT2D eigenvalue weighted by Crippen LogP contribution is 2.26. The summed E-state index contributed by atoms with van der Waals surface area (Å²) in [5, 5.41) is 8.23. The number of aryl methyl sites for hydroxylation is 1. The highest BCUT2D eigenvalue weighted by atomic mass is 16.5. The van der Waals surface area contributed by atoms with Gasteiger partial charge in [0.2, 0.25) is 5.91 Å². The molecule has 6 nitrogen and oxygen atoms in total. The van der Waals surface area contributed by atoms with Gasteiger partial charge in [0, 0.05) is 20.0 Å². The van der Waals surface area contributed by atoms with E-state index in [9.17, 15) is 4.79 Å². The van der Waals surface area contributed by atoms with Crippen molar-refractivity contribution in [1.29, 1.82) is 0 Å². The van der Waals surface area contributed by atoms with Crippen molar-refractivity contribution < 1.29 is 9.53 Å². The number of fused-ring (bicyclic) bond motifs is 2. The van der Waals surface area contributed by atoms with Gasteiger partial charge < -0.3 is 9.64 Å². The fourth-order valence-corrected chi connectivity index (χ4v) is 2.84. The molecule has 3 rings (SSSR count). The summed E-state index contributed by atoms with van der Waals surface area (Å²) in [5.41, 5.74) is 1.87. The van der Waals surface area contributed by atoms with Crippen LogP contribution in [0.4, 0.5) is 0 Å². The number of likely N-dealkylation sites (N-methyl/N-ethyl adjacent to an activating group) is 1. The molecule has 23 heavy (non-hydrogen) atoms. The maximum absolute atomic E-state index is 12.4. The SMILES string of the molecule is C[C@@H]1C(c2ccccc2)OCc2cn(nn2)CCCC(=O)N1C. The Labute approximate surface area is 136 Å². The minimum atomic E-state index is -0.199. The van der Waals surface area contributed by atoms with Crippen molar-refractivity contribution in [2.45, 2.75) is 45.1 Å². The molecule has 122 valence electrons. The topological polar surface area (TPSA) is 60.2 Å². The minimum Gasteiger partial charge on any atom is -0.365 e. The second-order valence-electron chi connectivity index (χ2n) is 5.96. The van der Waals surface area contributed by atoms with Crippen LogP contribution in [0.3, 0.4) is 0 Å². The quantitative estimate of drug-likeness (QED) is 0.809. The summed E-state index contributed by atoms with van der Waals surface area (Å²) in [5.74, 6) is 0.128. The van der Waals surface area contributed by atoms with Crippen molar-refractivity contribution in [2.24, 2.45) is 0 Å². The molecule has 6 heteroatoms. The number of carbonyl (C=O) groups excluding carboxylic acids is 1. The lowest BCUT2D eigenvalue weighted by atomic mass is 10.0. The van der Waals surface area contributed by atoms with E-state index in [0.29, 0.717) is 19.6 Å². The summed E-state index contributed by atoms with van der Waals surface area (Å²) < 4.78 is 7.89. The van der Waals surface area contributed by atoms with E-state index in [4.69, 9.17) is 4.74 Å². The van der Waals surface area contributed by atoms with Crippen molar-refractivity contribution in [3.8, 4) is 0 Å². The summed E-state index contributed by atoms with van der Waals surface area (Å²) in [6, 6.07) is 9.95. The number of carbonyl (C=O) groups is 1. The molecular formula is C17H22N4O2. The van der Waals surface area contributed by atoms with Gasteiger partial charge >= 0.3 is 0 Å². The first-order valence-corrected chi connectivity index (χ1v) is 7.96. The molecule has 0 saturated carbocycles. The molecule has 0 saturated heterocycles. The number of ether oxygens (including phenoxy) is 1. The van der Waals surface area contributed by atoms with Gasteiger partial charge in [-0.3, -0.25) is 9.48 Å². The molecule has 1 aliphatic heterocycles. The average Bonchev–Trinajstić information content (AvgIpc) is 3.02. The van der Waals surface area contributed by atoms with Gasteiger partial charge in [0.1, 0.15) is 11.8 Å². The van der Waals surface area contributed by atoms with Gasteiger partial charge in [0.15, 0.2) is 0 Å². The molecule has 0 spiro atoms. The molecule has 1 amide bonds. The minimum absolute atomic E-state index is 0.0561. The zero-order valence-corrected chi connectivity index (χ0v) is 13.6. The first-order chi connectivity index (χ1) is 11.1. The highest BCUT2D eigenvalue weighted by Gasteiger charge is 2.27. The summed E-state index contributed by atoms with van der Waals surface area (Å²) in [4.78, 5) is 14.2. The molecule has 1 aliphatic rings. The Morgan fingerprint density at radius 2 is 2.04 bits per heavy atom. The van der Waals surface area contributed by atoms with E-state index in [1.807, 2.05) is 50.5 Å². The largest absolute Gasteiger partial charge is 0.365 e. The van der Waals surface area contributed by atoms with Crippen LogP contribution in [0.25, 0.3) is 0 Å². The van der Waals surface area contributed by atoms with Crippen LogP contribution in [0.15, 0.2) is 36.5 Å². The summed E-state index contributed by atoms with van der Waals surface area (Å²) in [6.07, 6.45) is 2.95. The standard InChI is InChI=1S/C17H22N4O2/c1-13-17(14-7-4-3-5-8-14)23-12-15-11-21(19-18-15)10-6-9-16(22)20(13)2/h3-5,7-8,11,13,17H,6,9-10,12H2,1-2H3/t13-,17?/m1/s1. The molecule has 1 unspecified atom stereocenters. The number of hydrogen-bond acceptors (Lipinski definition) is 4. The molecule has 0 radical (unpaired) electrons. The maximum atomic E-state index is 12.4. The third kappa shape index (κ3) is 3.59. The zero-order valence-electron chi connectivity index (χ0n) is 13.6. The molecule has 2 heterocycles. The lowest BCUT2D eigenvalue weighted by Crippen LogP contribution is -2.40. The lowest BCUT2D eigenvalue weighted by Gasteiger charge is -2.32. The maximum Gasteiger partial charge on any atom is 0.222 e. The van der Waals surface area contributed by atoms with Gasteiger partial charge in [0.25, 0.3) is 0 Å². The fourth-order valence-electron chi connectivity index (χ4n) is 2.84. The van der Waals surface area contributed by atoms with Crippen LogP contribution in [0.5, 0.6) is 0 Å². The number of nitrogens with zero attached hydrogens (tertiary/aromatic N) is 4. The summed E-state index contributed by atoms with van der Waals surface area (Å²) >= 11 is 0. The monoisotopic (exact) mass is 314 g/mol. The Kier molecular flexibility index (Phi) is 4.71. The smallest absolute Gasteiger partial charge is 0.222 e. The van der Waals surface area contributed by atoms with Crippen LogP contribution in [-0.2, 0) is 22.7 Å². The van der Waals surface area contributed by atoms with E-state index in [-0.39, 0.29) is 18.1 Å². The Hall–Kier alpha value is -2.21. The van der Waals surface area contributed by atoms with Crippen molar-refractivity contribution in [3.05, 3.63) is 47.8 Å². The van der Waals surface area contributed by atoms with Gasteiger partial charge in [0.05, 0.1) is 18.8 Å². The van der Waals surface area contributed by atoms with E-state index in [1.54, 1.807) is 9.58 Å². The molecule has 1 aromatic heterocycles. The van der Waals surface area contributed by atoms with E-state index in [1.165, 1.54) is 0 Å². The number of rotatable bonds is 1. The number of aromatic nitrogens is 3. The van der Waals surface area contributed by atoms with Gasteiger partial charge in [-0.1, -0.05) is 35.5 Å². The van der Waals surface area contributed by atoms with Crippen LogP contribution in [-0.4, -0.2) is 38.9 Å². The Bertz CT molecular complexity index is 656. The molecule has 2 bridgehead atoms. The Morgan fingerprint density at radius 3 is 2.83 bits per heavy atom. The molecule has 1 aromatic carbocycles. The first-order valence-electron chi connectivity index (χ1n) is 7.96. The van der Waals surface area contributed by atoms with Crippen molar-refractivity contribution in [1.82, 2.24) is 19.9 Å². The summed E-state index contributed by atoms with van der Waals surface area (Å²) in [6.45, 7) is 3.10. The van der Waals surface area contributed by atoms with Crippen molar-refractivity contribution in [3.63, 3.8) is 0 Å². The van der Waals surface area contributed by atoms with Gasteiger partial charge in [-0.15, -0.1) is 5.10 Å². The zero-order chi connectivity index (χ0) is 16.2. The molecule has 0 N–H and O–H groups in total. The van der Waals surface area contributed by atoms with Crippen LogP contribution in [0.1, 0.15) is 37.1 Å². The van der Waals surface area contributed by atoms with Crippen LogP contribution in [0.2, 0.25) is 0 Å². The predicted octanol–water partition coefficient (Wildman–Crippen LogP) is 2.18. The molecule has 0 aliphatic carbocycles. The average molecular weight is 314 g/mol. The molecule has 2 atom stereocenters. The normalized spacial score (nSPS) is 23.2. The third-order valence-electron chi connectivity index (χ3n) is 4.35. The second kappa shape index (κ2) is 6.91. The highest BCUT2D eigenvalue weighted by molar-refractivity contribution is 5.76. The fraction of sp³-hybridized carbons (Fsp3) is 0.471. The third-order valence-corrected chi connectivity index (χ3v) is 4.35. The van der Waals surface area contributed by atoms with Crippen LogP contribution in [0, 0.1) is 0 Å².